The average molecular weight is 397 g/mol. The van der Waals surface area contributed by atoms with Crippen molar-refractivity contribution in [3.8, 4) is 0 Å². The summed E-state index contributed by atoms with van der Waals surface area (Å²) in [4.78, 5) is 25.9. The molecule has 1 aliphatic heterocycles. The molecule has 0 atom stereocenters. The van der Waals surface area contributed by atoms with Gasteiger partial charge >= 0.3 is 0 Å². The molecule has 0 aliphatic carbocycles. The van der Waals surface area contributed by atoms with E-state index in [0.29, 0.717) is 23.6 Å². The molecular weight excluding hydrogens is 372 g/mol. The monoisotopic (exact) mass is 396 g/mol. The van der Waals surface area contributed by atoms with E-state index < -0.39 is 0 Å². The molecule has 0 radical (unpaired) electrons. The second-order valence-electron chi connectivity index (χ2n) is 6.90. The molecule has 7 heteroatoms. The molecule has 6 nitrogen and oxygen atoms in total. The van der Waals surface area contributed by atoms with E-state index in [4.69, 9.17) is 12.2 Å². The summed E-state index contributed by atoms with van der Waals surface area (Å²) in [6, 6.07) is 13.1. The van der Waals surface area contributed by atoms with Gasteiger partial charge in [-0.2, -0.15) is 0 Å². The highest BCUT2D eigenvalue weighted by molar-refractivity contribution is 7.80. The molecule has 0 spiro atoms. The number of carbonyl (C=O) groups is 2. The van der Waals surface area contributed by atoms with Crippen molar-refractivity contribution in [3.63, 3.8) is 0 Å². The maximum absolute atomic E-state index is 12.3. The van der Waals surface area contributed by atoms with E-state index in [2.05, 4.69) is 16.2 Å². The second kappa shape index (κ2) is 8.84. The molecule has 1 saturated heterocycles. The summed E-state index contributed by atoms with van der Waals surface area (Å²) in [5.74, 6) is -0.0928. The number of hydrogen-bond acceptors (Lipinski definition) is 3. The van der Waals surface area contributed by atoms with E-state index in [1.54, 1.807) is 12.1 Å². The Kier molecular flexibility index (Phi) is 6.26. The summed E-state index contributed by atoms with van der Waals surface area (Å²) in [5, 5.41) is 3.39. The number of nitrogens with one attached hydrogen (secondary N) is 3. The summed E-state index contributed by atoms with van der Waals surface area (Å²) in [7, 11) is 0. The van der Waals surface area contributed by atoms with Gasteiger partial charge in [0.05, 0.1) is 0 Å². The number of likely N-dealkylation sites (tertiary alicyclic amines) is 1. The van der Waals surface area contributed by atoms with Crippen LogP contribution in [-0.2, 0) is 11.3 Å². The van der Waals surface area contributed by atoms with Crippen LogP contribution in [0.4, 0.5) is 5.69 Å². The number of benzene rings is 2. The maximum Gasteiger partial charge on any atom is 0.269 e. The van der Waals surface area contributed by atoms with E-state index >= 15 is 0 Å². The van der Waals surface area contributed by atoms with E-state index in [9.17, 15) is 9.59 Å². The minimum absolute atomic E-state index is 0.191. The zero-order valence-corrected chi connectivity index (χ0v) is 16.9. The first-order valence-electron chi connectivity index (χ1n) is 9.24. The number of aryl methyl sites for hydroxylation is 1. The lowest BCUT2D eigenvalue weighted by Gasteiger charge is -2.16. The lowest BCUT2D eigenvalue weighted by Crippen LogP contribution is -2.43. The van der Waals surface area contributed by atoms with Crippen LogP contribution in [-0.4, -0.2) is 28.4 Å². The fourth-order valence-electron chi connectivity index (χ4n) is 3.08. The predicted molar refractivity (Wildman–Crippen MR) is 114 cm³/mol. The van der Waals surface area contributed by atoms with Crippen LogP contribution in [0.25, 0.3) is 0 Å². The van der Waals surface area contributed by atoms with Crippen LogP contribution in [0.5, 0.6) is 0 Å². The highest BCUT2D eigenvalue weighted by Gasteiger charge is 2.20. The van der Waals surface area contributed by atoms with Gasteiger partial charge in [-0.05, 0) is 67.4 Å². The summed E-state index contributed by atoms with van der Waals surface area (Å²) in [5.41, 5.74) is 10.00. The van der Waals surface area contributed by atoms with Gasteiger partial charge in [0.15, 0.2) is 5.11 Å². The van der Waals surface area contributed by atoms with Crippen LogP contribution in [0.1, 0.15) is 39.9 Å². The molecular formula is C21H24N4O2S. The van der Waals surface area contributed by atoms with Crippen LogP contribution in [0.3, 0.4) is 0 Å². The fraction of sp³-hybridized carbons (Fsp3) is 0.286. The van der Waals surface area contributed by atoms with Gasteiger partial charge in [0, 0.05) is 30.8 Å². The standard InChI is InChI=1S/C21H24N4O2S/c1-14-5-3-6-18(15(14)2)22-21(28)24-23-20(27)17-10-8-16(9-11-17)13-25-12-4-7-19(25)26/h3,5-6,8-11H,4,7,12-13H2,1-2H3,(H,23,27)(H2,22,24,28). The summed E-state index contributed by atoms with van der Waals surface area (Å²) < 4.78 is 0. The van der Waals surface area contributed by atoms with Crippen LogP contribution < -0.4 is 16.2 Å². The summed E-state index contributed by atoms with van der Waals surface area (Å²) in [6.07, 6.45) is 1.54. The lowest BCUT2D eigenvalue weighted by molar-refractivity contribution is -0.128. The molecule has 2 amide bonds. The van der Waals surface area contributed by atoms with Crippen LogP contribution in [0.15, 0.2) is 42.5 Å². The zero-order chi connectivity index (χ0) is 20.1. The number of anilines is 1. The van der Waals surface area contributed by atoms with Gasteiger partial charge in [0.2, 0.25) is 5.91 Å². The molecule has 2 aromatic rings. The molecule has 0 aromatic heterocycles. The third-order valence-electron chi connectivity index (χ3n) is 4.90. The van der Waals surface area contributed by atoms with Crippen molar-refractivity contribution in [2.45, 2.75) is 33.2 Å². The number of carbonyl (C=O) groups excluding carboxylic acids is 2. The minimum atomic E-state index is -0.283. The summed E-state index contributed by atoms with van der Waals surface area (Å²) in [6.45, 7) is 5.43. The molecule has 2 aromatic carbocycles. The Morgan fingerprint density at radius 2 is 1.86 bits per heavy atom. The summed E-state index contributed by atoms with van der Waals surface area (Å²) >= 11 is 5.24. The Morgan fingerprint density at radius 3 is 2.54 bits per heavy atom. The van der Waals surface area contributed by atoms with Crippen molar-refractivity contribution in [2.24, 2.45) is 0 Å². The van der Waals surface area contributed by atoms with Gasteiger partial charge in [-0.3, -0.25) is 20.4 Å². The Bertz CT molecular complexity index is 896. The van der Waals surface area contributed by atoms with Crippen molar-refractivity contribution < 1.29 is 9.59 Å². The average Bonchev–Trinajstić information content (AvgIpc) is 3.09. The van der Waals surface area contributed by atoms with Gasteiger partial charge < -0.3 is 10.2 Å². The highest BCUT2D eigenvalue weighted by Crippen LogP contribution is 2.18. The normalized spacial score (nSPS) is 13.4. The molecule has 0 bridgehead atoms. The number of hydrogen-bond donors (Lipinski definition) is 3. The van der Waals surface area contributed by atoms with Crippen LogP contribution in [0, 0.1) is 13.8 Å². The first-order chi connectivity index (χ1) is 13.4. The number of amides is 2. The molecule has 1 aliphatic rings. The molecule has 0 saturated carbocycles. The number of thiocarbonyl (C=S) groups is 1. The lowest BCUT2D eigenvalue weighted by atomic mass is 10.1. The first kappa shape index (κ1) is 19.8. The maximum atomic E-state index is 12.3. The Hall–Kier alpha value is -2.93. The Labute approximate surface area is 170 Å². The van der Waals surface area contributed by atoms with Crippen LogP contribution in [0.2, 0.25) is 0 Å². The fourth-order valence-corrected chi connectivity index (χ4v) is 3.24. The smallest absolute Gasteiger partial charge is 0.269 e. The van der Waals surface area contributed by atoms with Gasteiger partial charge in [-0.1, -0.05) is 24.3 Å². The van der Waals surface area contributed by atoms with Crippen molar-refractivity contribution in [3.05, 3.63) is 64.7 Å². The molecule has 1 fully saturated rings. The van der Waals surface area contributed by atoms with E-state index in [0.717, 1.165) is 35.3 Å². The molecule has 28 heavy (non-hydrogen) atoms. The zero-order valence-electron chi connectivity index (χ0n) is 16.0. The SMILES string of the molecule is Cc1cccc(NC(=S)NNC(=O)c2ccc(CN3CCCC3=O)cc2)c1C. The Morgan fingerprint density at radius 1 is 1.11 bits per heavy atom. The van der Waals surface area contributed by atoms with Gasteiger partial charge in [0.25, 0.3) is 5.91 Å². The molecule has 3 rings (SSSR count). The predicted octanol–water partition coefficient (Wildman–Crippen LogP) is 3.06. The third kappa shape index (κ3) is 4.86. The second-order valence-corrected chi connectivity index (χ2v) is 7.30. The largest absolute Gasteiger partial charge is 0.338 e. The van der Waals surface area contributed by atoms with Gasteiger partial charge in [-0.15, -0.1) is 0 Å². The number of hydrazine groups is 1. The van der Waals surface area contributed by atoms with Gasteiger partial charge in [-0.25, -0.2) is 0 Å². The first-order valence-corrected chi connectivity index (χ1v) is 9.65. The van der Waals surface area contributed by atoms with E-state index in [-0.39, 0.29) is 11.8 Å². The van der Waals surface area contributed by atoms with Crippen molar-refractivity contribution >= 4 is 34.8 Å². The molecule has 1 heterocycles. The third-order valence-corrected chi connectivity index (χ3v) is 5.11. The highest BCUT2D eigenvalue weighted by atomic mass is 32.1. The van der Waals surface area contributed by atoms with Crippen molar-refractivity contribution in [2.75, 3.05) is 11.9 Å². The van der Waals surface area contributed by atoms with E-state index in [1.165, 1.54) is 0 Å². The van der Waals surface area contributed by atoms with E-state index in [1.807, 2.05) is 49.1 Å². The topological polar surface area (TPSA) is 73.5 Å². The molecule has 0 unspecified atom stereocenters. The molecule has 146 valence electrons. The van der Waals surface area contributed by atoms with Crippen LogP contribution >= 0.6 is 12.2 Å². The quantitative estimate of drug-likeness (QED) is 0.547. The number of rotatable bonds is 4. The van der Waals surface area contributed by atoms with Crippen molar-refractivity contribution in [1.29, 1.82) is 0 Å². The Balaban J connectivity index is 1.51. The molecule has 3 N–H and O–H groups in total. The minimum Gasteiger partial charge on any atom is -0.338 e. The van der Waals surface area contributed by atoms with Gasteiger partial charge in [0.1, 0.15) is 0 Å². The number of nitrogens with zero attached hydrogens (tertiary/aromatic N) is 1. The van der Waals surface area contributed by atoms with Crippen molar-refractivity contribution in [1.82, 2.24) is 15.8 Å².